The average molecular weight is 1740 g/mol. The van der Waals surface area contributed by atoms with Crippen molar-refractivity contribution in [2.75, 3.05) is 51.3 Å². The first-order valence-electron chi connectivity index (χ1n) is 41.5. The maximum atomic E-state index is 14.7. The van der Waals surface area contributed by atoms with Gasteiger partial charge in [0.1, 0.15) is 72.5 Å². The Morgan fingerprint density at radius 3 is 1.28 bits per heavy atom. The highest BCUT2D eigenvalue weighted by Gasteiger charge is 2.38. The zero-order chi connectivity index (χ0) is 91.3. The molecule has 40 heteroatoms. The number of nitrogens with two attached hydrogens (primary N) is 6. The summed E-state index contributed by atoms with van der Waals surface area (Å²) >= 11 is 1.44. The van der Waals surface area contributed by atoms with Crippen LogP contribution in [-0.4, -0.2) is 246 Å². The van der Waals surface area contributed by atoms with Gasteiger partial charge in [0.05, 0.1) is 31.8 Å². The first-order chi connectivity index (χ1) is 58.5. The van der Waals surface area contributed by atoms with Gasteiger partial charge in [-0.2, -0.15) is 11.8 Å². The van der Waals surface area contributed by atoms with Crippen molar-refractivity contribution in [1.29, 1.82) is 0 Å². The fourth-order valence-electron chi connectivity index (χ4n) is 13.0. The van der Waals surface area contributed by atoms with Gasteiger partial charge in [-0.05, 0) is 164 Å². The minimum Gasteiger partial charge on any atom is -0.394 e. The number of para-hydroxylation sites is 1. The van der Waals surface area contributed by atoms with Gasteiger partial charge in [0.25, 0.3) is 0 Å². The topological polar surface area (TPSA) is 654 Å². The summed E-state index contributed by atoms with van der Waals surface area (Å²) in [5.74, 6) is -13.9. The molecule has 680 valence electrons. The number of amides is 16. The number of carbonyl (C=O) groups is 16. The number of aliphatic hydroxyl groups is 2. The number of rotatable bonds is 59. The van der Waals surface area contributed by atoms with Gasteiger partial charge in [-0.1, -0.05) is 107 Å². The van der Waals surface area contributed by atoms with Gasteiger partial charge >= 0.3 is 0 Å². The van der Waals surface area contributed by atoms with Crippen LogP contribution in [0, 0.1) is 11.8 Å². The zero-order valence-corrected chi connectivity index (χ0v) is 72.0. The Morgan fingerprint density at radius 2 is 0.805 bits per heavy atom. The van der Waals surface area contributed by atoms with Crippen molar-refractivity contribution in [3.05, 3.63) is 108 Å². The predicted octanol–water partition coefficient (Wildman–Crippen LogP) is -4.05. The molecule has 0 unspecified atom stereocenters. The summed E-state index contributed by atoms with van der Waals surface area (Å²) in [6.07, 6.45) is 3.38. The number of aliphatic hydroxyl groups excluding tert-OH is 2. The van der Waals surface area contributed by atoms with Gasteiger partial charge in [-0.3, -0.25) is 76.7 Å². The molecule has 0 radical (unpaired) electrons. The Kier molecular flexibility index (Phi) is 47.2. The van der Waals surface area contributed by atoms with Crippen LogP contribution in [0.15, 0.2) is 91.1 Å². The number of aromatic nitrogens is 1. The minimum absolute atomic E-state index is 0.0408. The van der Waals surface area contributed by atoms with Crippen LogP contribution >= 0.6 is 11.8 Å². The van der Waals surface area contributed by atoms with Gasteiger partial charge < -0.3 is 124 Å². The molecule has 4 rings (SSSR count). The number of thioether (sulfide) groups is 1. The van der Waals surface area contributed by atoms with Crippen molar-refractivity contribution in [3.8, 4) is 0 Å². The lowest BCUT2D eigenvalue weighted by molar-refractivity contribution is -0.136. The lowest BCUT2D eigenvalue weighted by atomic mass is 10.0. The standard InChI is InChI=1S/C83H129N21O18S/c1-47(2)38-55(87)73(112)97-59(29-17-20-35-85)76(115)98-60(30-18-21-36-86)77(116)102-65(42-53-43-90-56-27-15-14-26-54(53)56)81(120)104-70(50(6)106)83(122)92-45-68(108)94-58(28-16-19-34-84)75(114)93-49(5)72(111)103-66(46-105)82(121)99-61(31-32-67(88)107)78(117)101-64(41-52-24-12-9-13-25-52)80(119)100-63(40-51-22-10-8-11-23-51)74(113)91-44-69(109)95-62(39-48(3)4)79(118)96-57(71(89)110)33-37-123-7/h8-15,22-27,43,47-50,55,57-66,70,90,105-106H,16-21,28-42,44-46,84-87H2,1-7H3,(H2,88,107)(H2,89,110)(H,91,113)(H,92,122)(H,93,114)(H,94,108)(H,95,109)(H,96,118)(H,97,112)(H,98,115)(H,99,121)(H,100,119)(H,101,117)(H,102,116)(H,103,111)(H,104,120)/t49-,50+,55-,57-,58-,59-,60-,61-,62-,63-,64-,65-,66-,70-/m0/s1. The molecular weight excluding hydrogens is 1610 g/mol. The fraction of sp³-hybridized carbons (Fsp3) is 0.566. The summed E-state index contributed by atoms with van der Waals surface area (Å²) in [5.41, 5.74) is 36.9. The van der Waals surface area contributed by atoms with Crippen molar-refractivity contribution >= 4 is 117 Å². The number of unbranched alkanes of at least 4 members (excludes halogenated alkanes) is 3. The molecule has 0 spiro atoms. The van der Waals surface area contributed by atoms with Gasteiger partial charge in [-0.15, -0.1) is 0 Å². The molecular formula is C83H129N21O18S. The van der Waals surface area contributed by atoms with Crippen LogP contribution < -0.4 is 109 Å². The molecule has 39 nitrogen and oxygen atoms in total. The first-order valence-corrected chi connectivity index (χ1v) is 42.9. The number of primary amides is 2. The molecule has 0 aliphatic carbocycles. The average Bonchev–Trinajstić information content (AvgIpc) is 1.70. The second-order valence-corrected chi connectivity index (χ2v) is 32.1. The van der Waals surface area contributed by atoms with Gasteiger partial charge in [0, 0.05) is 42.8 Å². The number of nitrogens with one attached hydrogen (secondary N) is 15. The molecule has 0 bridgehead atoms. The van der Waals surface area contributed by atoms with E-state index in [0.29, 0.717) is 78.4 Å². The predicted molar refractivity (Wildman–Crippen MR) is 462 cm³/mol. The normalized spacial score (nSPS) is 14.7. The van der Waals surface area contributed by atoms with E-state index in [2.05, 4.69) is 79.4 Å². The van der Waals surface area contributed by atoms with E-state index in [1.54, 1.807) is 91.1 Å². The number of carbonyl (C=O) groups excluding carboxylic acids is 16. The molecule has 29 N–H and O–H groups in total. The minimum atomic E-state index is -1.87. The summed E-state index contributed by atoms with van der Waals surface area (Å²) in [4.78, 5) is 224. The van der Waals surface area contributed by atoms with E-state index in [1.807, 2.05) is 34.0 Å². The monoisotopic (exact) mass is 1740 g/mol. The highest BCUT2D eigenvalue weighted by atomic mass is 32.2. The van der Waals surface area contributed by atoms with E-state index >= 15 is 0 Å². The molecule has 1 aromatic heterocycles. The number of hydrogen-bond donors (Lipinski definition) is 23. The Bertz CT molecular complexity index is 4110. The van der Waals surface area contributed by atoms with E-state index in [1.165, 1.54) is 25.6 Å². The number of aromatic amines is 1. The number of H-pyrrole nitrogens is 1. The molecule has 1 heterocycles. The van der Waals surface area contributed by atoms with Crippen LogP contribution in [0.2, 0.25) is 0 Å². The lowest BCUT2D eigenvalue weighted by Gasteiger charge is -2.28. The summed E-state index contributed by atoms with van der Waals surface area (Å²) in [5, 5.41) is 58.0. The molecule has 3 aromatic carbocycles. The van der Waals surface area contributed by atoms with Crippen molar-refractivity contribution < 1.29 is 86.9 Å². The third-order valence-corrected chi connectivity index (χ3v) is 20.4. The van der Waals surface area contributed by atoms with Crippen molar-refractivity contribution in [3.63, 3.8) is 0 Å². The van der Waals surface area contributed by atoms with Gasteiger partial charge in [0.15, 0.2) is 0 Å². The summed E-state index contributed by atoms with van der Waals surface area (Å²) in [7, 11) is 0. The Hall–Kier alpha value is -11.2. The summed E-state index contributed by atoms with van der Waals surface area (Å²) in [6.45, 7) is 7.86. The van der Waals surface area contributed by atoms with Crippen molar-refractivity contribution in [1.82, 2.24) is 79.4 Å². The molecule has 16 amide bonds. The second kappa shape index (κ2) is 55.8. The first kappa shape index (κ1) is 104. The van der Waals surface area contributed by atoms with Crippen LogP contribution in [0.4, 0.5) is 0 Å². The van der Waals surface area contributed by atoms with E-state index < -0.39 is 212 Å². The Labute approximate surface area is 720 Å². The SMILES string of the molecule is CSCC[C@H](NC(=O)[C@H](CC(C)C)NC(=O)CNC(=O)[C@H](Cc1ccccc1)NC(=O)[C@H](Cc1ccccc1)NC(=O)[C@H](CCC(N)=O)NC(=O)[C@H](CO)NC(=O)[C@H](C)NC(=O)[C@H](CCCCN)NC(=O)CNC(=O)[C@@H](NC(=O)[C@H](Cc1c[nH]c2ccccc12)NC(=O)[C@H](CCCCN)NC(=O)[C@H](CCCCN)NC(=O)[C@@H](N)CC(C)C)[C@@H](C)O)C(N)=O. The zero-order valence-electron chi connectivity index (χ0n) is 71.2. The number of hydrogen-bond acceptors (Lipinski definition) is 23. The smallest absolute Gasteiger partial charge is 0.245 e. The maximum Gasteiger partial charge on any atom is 0.245 e. The molecule has 0 fully saturated rings. The fourth-order valence-corrected chi connectivity index (χ4v) is 13.5. The highest BCUT2D eigenvalue weighted by molar-refractivity contribution is 7.98. The van der Waals surface area contributed by atoms with E-state index in [4.69, 9.17) is 34.4 Å². The number of fused-ring (bicyclic) bond motifs is 1. The largest absolute Gasteiger partial charge is 0.394 e. The van der Waals surface area contributed by atoms with Crippen LogP contribution in [0.1, 0.15) is 148 Å². The Morgan fingerprint density at radius 1 is 0.407 bits per heavy atom. The van der Waals surface area contributed by atoms with Crippen molar-refractivity contribution in [2.24, 2.45) is 46.2 Å². The lowest BCUT2D eigenvalue weighted by Crippen LogP contribution is -2.61. The van der Waals surface area contributed by atoms with E-state index in [9.17, 15) is 86.9 Å². The van der Waals surface area contributed by atoms with Crippen LogP contribution in [-0.2, 0) is 96.0 Å². The van der Waals surface area contributed by atoms with Gasteiger partial charge in [0.2, 0.25) is 94.5 Å². The van der Waals surface area contributed by atoms with Crippen LogP contribution in [0.3, 0.4) is 0 Å². The van der Waals surface area contributed by atoms with E-state index in [0.717, 1.165) is 0 Å². The Balaban J connectivity index is 1.51. The van der Waals surface area contributed by atoms with E-state index in [-0.39, 0.29) is 82.7 Å². The molecule has 0 aliphatic heterocycles. The van der Waals surface area contributed by atoms with Crippen LogP contribution in [0.5, 0.6) is 0 Å². The molecule has 0 saturated heterocycles. The second-order valence-electron chi connectivity index (χ2n) is 31.2. The maximum absolute atomic E-state index is 14.7. The molecule has 14 atom stereocenters. The van der Waals surface area contributed by atoms with Crippen LogP contribution in [0.25, 0.3) is 10.9 Å². The third kappa shape index (κ3) is 38.4. The molecule has 0 saturated carbocycles. The number of benzene rings is 3. The summed E-state index contributed by atoms with van der Waals surface area (Å²) in [6, 6.07) is 5.54. The van der Waals surface area contributed by atoms with Gasteiger partial charge in [-0.25, -0.2) is 0 Å². The van der Waals surface area contributed by atoms with Crippen molar-refractivity contribution in [2.45, 2.75) is 235 Å². The quantitative estimate of drug-likeness (QED) is 0.0187. The molecule has 123 heavy (non-hydrogen) atoms. The highest BCUT2D eigenvalue weighted by Crippen LogP contribution is 2.21. The third-order valence-electron chi connectivity index (χ3n) is 19.8. The molecule has 4 aromatic rings. The molecule has 0 aliphatic rings. The summed E-state index contributed by atoms with van der Waals surface area (Å²) < 4.78 is 0.